The molecule has 0 fully saturated rings. The van der Waals surface area contributed by atoms with E-state index < -0.39 is 0 Å². The van der Waals surface area contributed by atoms with Crippen molar-refractivity contribution in [2.75, 3.05) is 6.61 Å². The Balaban J connectivity index is 2.00. The summed E-state index contributed by atoms with van der Waals surface area (Å²) in [4.78, 5) is 9.76. The quantitative estimate of drug-likeness (QED) is 0.480. The summed E-state index contributed by atoms with van der Waals surface area (Å²) in [7, 11) is 0. The van der Waals surface area contributed by atoms with Crippen LogP contribution in [0, 0.1) is 0 Å². The van der Waals surface area contributed by atoms with Crippen LogP contribution >= 0.6 is 0 Å². The Morgan fingerprint density at radius 1 is 1.50 bits per heavy atom. The van der Waals surface area contributed by atoms with Crippen molar-refractivity contribution in [1.82, 2.24) is 0 Å². The maximum Gasteiger partial charge on any atom is 0.293 e. The maximum absolute atomic E-state index is 9.76. The van der Waals surface area contributed by atoms with Gasteiger partial charge in [-0.3, -0.25) is 4.79 Å². The molecule has 0 radical (unpaired) electrons. The average molecular weight is 168 g/mol. The zero-order valence-electron chi connectivity index (χ0n) is 6.86. The van der Waals surface area contributed by atoms with Gasteiger partial charge in [0.15, 0.2) is 0 Å². The smallest absolute Gasteiger partial charge is 0.293 e. The molecule has 3 nitrogen and oxygen atoms in total. The van der Waals surface area contributed by atoms with Crippen molar-refractivity contribution < 1.29 is 13.9 Å². The minimum absolute atomic E-state index is 0.479. The molecule has 1 aromatic rings. The number of furan rings is 1. The summed E-state index contributed by atoms with van der Waals surface area (Å²) in [6, 6.07) is 3.82. The van der Waals surface area contributed by atoms with Gasteiger partial charge in [0.2, 0.25) is 0 Å². The molecule has 0 aliphatic heterocycles. The van der Waals surface area contributed by atoms with Gasteiger partial charge in [-0.25, -0.2) is 0 Å². The predicted molar refractivity (Wildman–Crippen MR) is 43.7 cm³/mol. The maximum atomic E-state index is 9.76. The molecule has 0 aliphatic rings. The summed E-state index contributed by atoms with van der Waals surface area (Å²) < 4.78 is 9.67. The first-order chi connectivity index (χ1) is 5.93. The largest absolute Gasteiger partial charge is 0.469 e. The molecule has 0 amide bonds. The van der Waals surface area contributed by atoms with Crippen LogP contribution < -0.4 is 0 Å². The van der Waals surface area contributed by atoms with E-state index in [9.17, 15) is 4.79 Å². The van der Waals surface area contributed by atoms with Gasteiger partial charge in [-0.05, 0) is 25.0 Å². The van der Waals surface area contributed by atoms with E-state index in [1.807, 2.05) is 12.1 Å². The SMILES string of the molecule is O=COCCCCc1ccco1. The van der Waals surface area contributed by atoms with Crippen molar-refractivity contribution in [3.05, 3.63) is 24.2 Å². The molecule has 1 heterocycles. The van der Waals surface area contributed by atoms with E-state index >= 15 is 0 Å². The van der Waals surface area contributed by atoms with Gasteiger partial charge in [0, 0.05) is 6.42 Å². The highest BCUT2D eigenvalue weighted by Crippen LogP contribution is 2.04. The number of carbonyl (C=O) groups is 1. The Labute approximate surface area is 71.3 Å². The molecule has 12 heavy (non-hydrogen) atoms. The Hall–Kier alpha value is -1.25. The van der Waals surface area contributed by atoms with Crippen LogP contribution in [0.4, 0.5) is 0 Å². The molecule has 0 aromatic carbocycles. The fraction of sp³-hybridized carbons (Fsp3) is 0.444. The Morgan fingerprint density at radius 2 is 2.42 bits per heavy atom. The van der Waals surface area contributed by atoms with Crippen LogP contribution in [-0.4, -0.2) is 13.1 Å². The summed E-state index contributed by atoms with van der Waals surface area (Å²) in [5.74, 6) is 0.987. The minimum Gasteiger partial charge on any atom is -0.469 e. The number of carbonyl (C=O) groups excluding carboxylic acids is 1. The van der Waals surface area contributed by atoms with Crippen molar-refractivity contribution in [1.29, 1.82) is 0 Å². The second kappa shape index (κ2) is 5.41. The lowest BCUT2D eigenvalue weighted by molar-refractivity contribution is -0.128. The van der Waals surface area contributed by atoms with Gasteiger partial charge in [-0.2, -0.15) is 0 Å². The first-order valence-electron chi connectivity index (χ1n) is 4.01. The topological polar surface area (TPSA) is 39.4 Å². The van der Waals surface area contributed by atoms with E-state index in [1.165, 1.54) is 0 Å². The molecule has 0 atom stereocenters. The molecule has 0 bridgehead atoms. The van der Waals surface area contributed by atoms with Crippen molar-refractivity contribution >= 4 is 6.47 Å². The second-order valence-electron chi connectivity index (χ2n) is 2.50. The molecule has 66 valence electrons. The summed E-state index contributed by atoms with van der Waals surface area (Å²) >= 11 is 0. The number of hydrogen-bond donors (Lipinski definition) is 0. The van der Waals surface area contributed by atoms with E-state index in [0.29, 0.717) is 13.1 Å². The van der Waals surface area contributed by atoms with Gasteiger partial charge in [-0.15, -0.1) is 0 Å². The van der Waals surface area contributed by atoms with E-state index in [0.717, 1.165) is 25.0 Å². The van der Waals surface area contributed by atoms with Crippen LogP contribution in [0.25, 0.3) is 0 Å². The predicted octanol–water partition coefficient (Wildman–Crippen LogP) is 1.78. The summed E-state index contributed by atoms with van der Waals surface area (Å²) in [6.07, 6.45) is 4.45. The molecular formula is C9H12O3. The molecule has 1 rings (SSSR count). The lowest BCUT2D eigenvalue weighted by atomic mass is 10.2. The van der Waals surface area contributed by atoms with Crippen LogP contribution in [0.5, 0.6) is 0 Å². The minimum atomic E-state index is 0.479. The monoisotopic (exact) mass is 168 g/mol. The van der Waals surface area contributed by atoms with Crippen LogP contribution in [-0.2, 0) is 16.0 Å². The van der Waals surface area contributed by atoms with E-state index in [-0.39, 0.29) is 0 Å². The first-order valence-corrected chi connectivity index (χ1v) is 4.01. The number of ether oxygens (including phenoxy) is 1. The third-order valence-corrected chi connectivity index (χ3v) is 1.58. The number of unbranched alkanes of at least 4 members (excludes halogenated alkanes) is 1. The summed E-state index contributed by atoms with van der Waals surface area (Å²) in [5, 5.41) is 0. The van der Waals surface area contributed by atoms with Crippen LogP contribution in [0.1, 0.15) is 18.6 Å². The van der Waals surface area contributed by atoms with Gasteiger partial charge < -0.3 is 9.15 Å². The fourth-order valence-corrected chi connectivity index (χ4v) is 0.988. The van der Waals surface area contributed by atoms with Gasteiger partial charge >= 0.3 is 0 Å². The van der Waals surface area contributed by atoms with Gasteiger partial charge in [-0.1, -0.05) is 0 Å². The number of aryl methyl sites for hydroxylation is 1. The average Bonchev–Trinajstić information content (AvgIpc) is 2.57. The molecule has 0 saturated heterocycles. The highest BCUT2D eigenvalue weighted by Gasteiger charge is 1.94. The molecular weight excluding hydrogens is 156 g/mol. The summed E-state index contributed by atoms with van der Waals surface area (Å²) in [5.41, 5.74) is 0. The third kappa shape index (κ3) is 3.23. The highest BCUT2D eigenvalue weighted by molar-refractivity contribution is 5.36. The molecule has 0 spiro atoms. The first kappa shape index (κ1) is 8.84. The number of rotatable bonds is 6. The van der Waals surface area contributed by atoms with Gasteiger partial charge in [0.25, 0.3) is 6.47 Å². The lowest BCUT2D eigenvalue weighted by Crippen LogP contribution is -1.92. The third-order valence-electron chi connectivity index (χ3n) is 1.58. The van der Waals surface area contributed by atoms with E-state index in [1.54, 1.807) is 6.26 Å². The van der Waals surface area contributed by atoms with E-state index in [2.05, 4.69) is 4.74 Å². The molecule has 3 heteroatoms. The molecule has 0 N–H and O–H groups in total. The van der Waals surface area contributed by atoms with Crippen LogP contribution in [0.15, 0.2) is 22.8 Å². The molecule has 0 aliphatic carbocycles. The molecule has 0 unspecified atom stereocenters. The Morgan fingerprint density at radius 3 is 3.08 bits per heavy atom. The second-order valence-corrected chi connectivity index (χ2v) is 2.50. The standard InChI is InChI=1S/C9H12O3/c10-8-11-6-2-1-4-9-5-3-7-12-9/h3,5,7-8H,1-2,4,6H2. The van der Waals surface area contributed by atoms with Crippen LogP contribution in [0.2, 0.25) is 0 Å². The zero-order chi connectivity index (χ0) is 8.65. The van der Waals surface area contributed by atoms with Crippen molar-refractivity contribution in [3.63, 3.8) is 0 Å². The van der Waals surface area contributed by atoms with Gasteiger partial charge in [0.05, 0.1) is 12.9 Å². The molecule has 0 saturated carbocycles. The zero-order valence-corrected chi connectivity index (χ0v) is 6.86. The summed E-state index contributed by atoms with van der Waals surface area (Å²) in [6.45, 7) is 0.983. The number of hydrogen-bond acceptors (Lipinski definition) is 3. The van der Waals surface area contributed by atoms with Crippen molar-refractivity contribution in [2.24, 2.45) is 0 Å². The fourth-order valence-electron chi connectivity index (χ4n) is 0.988. The Kier molecular flexibility index (Phi) is 3.98. The highest BCUT2D eigenvalue weighted by atomic mass is 16.5. The van der Waals surface area contributed by atoms with Crippen molar-refractivity contribution in [3.8, 4) is 0 Å². The molecule has 1 aromatic heterocycles. The van der Waals surface area contributed by atoms with Gasteiger partial charge in [0.1, 0.15) is 5.76 Å². The van der Waals surface area contributed by atoms with E-state index in [4.69, 9.17) is 4.42 Å². The van der Waals surface area contributed by atoms with Crippen LogP contribution in [0.3, 0.4) is 0 Å². The van der Waals surface area contributed by atoms with Crippen molar-refractivity contribution in [2.45, 2.75) is 19.3 Å². The Bertz CT molecular complexity index is 204. The normalized spacial score (nSPS) is 9.67. The lowest BCUT2D eigenvalue weighted by Gasteiger charge is -1.96.